The number of morpholine rings is 1. The molecule has 0 spiro atoms. The molecule has 15 heteroatoms. The van der Waals surface area contributed by atoms with Crippen molar-refractivity contribution in [1.82, 2.24) is 35.5 Å². The van der Waals surface area contributed by atoms with Gasteiger partial charge in [-0.15, -0.1) is 0 Å². The van der Waals surface area contributed by atoms with Gasteiger partial charge in [0.25, 0.3) is 5.91 Å². The molecular weight excluding hydrogens is 777 g/mol. The number of imidazole rings is 2. The van der Waals surface area contributed by atoms with E-state index in [0.29, 0.717) is 49.6 Å². The molecule has 0 aliphatic carbocycles. The lowest BCUT2D eigenvalue weighted by molar-refractivity contribution is -0.143. The predicted molar refractivity (Wildman–Crippen MR) is 225 cm³/mol. The number of alkyl carbamates (subject to hydrolysis) is 2. The van der Waals surface area contributed by atoms with Crippen LogP contribution in [0.25, 0.3) is 33.6 Å². The second-order valence-electron chi connectivity index (χ2n) is 15.2. The van der Waals surface area contributed by atoms with Crippen molar-refractivity contribution >= 4 is 29.7 Å². The smallest absolute Gasteiger partial charge is 0.407 e. The highest BCUT2D eigenvalue weighted by atomic mass is 16.5. The maximum atomic E-state index is 14.0. The van der Waals surface area contributed by atoms with Gasteiger partial charge in [0.15, 0.2) is 0 Å². The summed E-state index contributed by atoms with van der Waals surface area (Å²) in [5.41, 5.74) is 9.24. The number of carbonyl (C=O) groups is 4. The second-order valence-corrected chi connectivity index (χ2v) is 15.2. The molecule has 0 bridgehead atoms. The summed E-state index contributed by atoms with van der Waals surface area (Å²) < 4.78 is 15.4. The maximum absolute atomic E-state index is 14.0. The number of anilines is 1. The SMILES string of the molecule is COC(=O)N[C@H]1CCc2cccc3c2N(C1=O)[C@H](c1ncc(-c2ccc(-c4ccc(-c5cnc([C@@H]6COCCN6C(=O)[C@H](NC(=O)OC)c6ccccc6)[nH]5)cc4)cc2)[nH]1)C3. The summed E-state index contributed by atoms with van der Waals surface area (Å²) in [7, 11) is 2.56. The van der Waals surface area contributed by atoms with Crippen LogP contribution in [0.1, 0.15) is 52.9 Å². The fourth-order valence-corrected chi connectivity index (χ4v) is 8.54. The Morgan fingerprint density at radius 3 is 2.00 bits per heavy atom. The normalized spacial score (nSPS) is 18.8. The number of amides is 4. The van der Waals surface area contributed by atoms with E-state index in [1.807, 2.05) is 66.7 Å². The number of para-hydroxylation sites is 1. The van der Waals surface area contributed by atoms with Gasteiger partial charge in [0.2, 0.25) is 5.91 Å². The van der Waals surface area contributed by atoms with Crippen molar-refractivity contribution in [2.24, 2.45) is 0 Å². The van der Waals surface area contributed by atoms with Gasteiger partial charge in [0, 0.05) is 13.0 Å². The summed E-state index contributed by atoms with van der Waals surface area (Å²) in [6, 6.07) is 29.0. The predicted octanol–water partition coefficient (Wildman–Crippen LogP) is 6.43. The average molecular weight is 821 g/mol. The molecule has 4 atom stereocenters. The van der Waals surface area contributed by atoms with Gasteiger partial charge in [-0.3, -0.25) is 14.5 Å². The summed E-state index contributed by atoms with van der Waals surface area (Å²) in [5, 5.41) is 5.42. The van der Waals surface area contributed by atoms with Gasteiger partial charge in [-0.25, -0.2) is 19.6 Å². The largest absolute Gasteiger partial charge is 0.453 e. The van der Waals surface area contributed by atoms with Crippen LogP contribution in [-0.2, 0) is 36.6 Å². The zero-order valence-corrected chi connectivity index (χ0v) is 33.6. The number of rotatable bonds is 9. The lowest BCUT2D eigenvalue weighted by Crippen LogP contribution is -2.49. The van der Waals surface area contributed by atoms with Crippen LogP contribution < -0.4 is 15.5 Å². The van der Waals surface area contributed by atoms with E-state index in [4.69, 9.17) is 19.2 Å². The van der Waals surface area contributed by atoms with Crippen LogP contribution in [0.5, 0.6) is 0 Å². The van der Waals surface area contributed by atoms with E-state index >= 15 is 0 Å². The zero-order chi connectivity index (χ0) is 42.0. The third-order valence-corrected chi connectivity index (χ3v) is 11.7. The van der Waals surface area contributed by atoms with Crippen LogP contribution in [0.15, 0.2) is 109 Å². The van der Waals surface area contributed by atoms with Crippen LogP contribution in [-0.4, -0.2) is 88.9 Å². The number of aromatic nitrogens is 4. The molecule has 0 unspecified atom stereocenters. The molecule has 3 aliphatic rings. The standard InChI is InChI=1S/C46H44N8O7/c1-59-45(57)51-34-20-19-32-9-6-10-33-23-37(54(40(32)33)43(34)55)41-47-24-35(49-41)29-15-11-27(12-16-29)28-13-17-30(18-14-28)36-25-48-42(50-36)38-26-61-22-21-53(38)44(56)39(52-46(58)60-2)31-7-4-3-5-8-31/h3-18,24-25,34,37-39H,19-23,26H2,1-2H3,(H,47,49)(H,48,50)(H,51,57)(H,52,58)/t34-,37-,38-,39+/m0/s1. The zero-order valence-electron chi connectivity index (χ0n) is 33.6. The molecule has 1 saturated heterocycles. The molecule has 2 aromatic heterocycles. The van der Waals surface area contributed by atoms with Gasteiger partial charge in [-0.1, -0.05) is 97.1 Å². The van der Waals surface area contributed by atoms with E-state index in [9.17, 15) is 19.2 Å². The number of methoxy groups -OCH3 is 2. The van der Waals surface area contributed by atoms with Crippen molar-refractivity contribution in [1.29, 1.82) is 0 Å². The third kappa shape index (κ3) is 7.71. The number of nitrogens with zero attached hydrogens (tertiary/aromatic N) is 4. The molecule has 1 fully saturated rings. The van der Waals surface area contributed by atoms with Crippen molar-refractivity contribution in [3.63, 3.8) is 0 Å². The Kier molecular flexibility index (Phi) is 10.8. The molecule has 9 rings (SSSR count). The first-order valence-corrected chi connectivity index (χ1v) is 20.2. The minimum absolute atomic E-state index is 0.179. The number of aromatic amines is 2. The minimum atomic E-state index is -0.944. The number of aryl methyl sites for hydroxylation is 1. The third-order valence-electron chi connectivity index (χ3n) is 11.7. The molecule has 4 N–H and O–H groups in total. The summed E-state index contributed by atoms with van der Waals surface area (Å²) >= 11 is 0. The Balaban J connectivity index is 0.889. The van der Waals surface area contributed by atoms with Crippen molar-refractivity contribution in [2.45, 2.75) is 43.4 Å². The van der Waals surface area contributed by atoms with E-state index in [1.165, 1.54) is 14.2 Å². The van der Waals surface area contributed by atoms with Gasteiger partial charge >= 0.3 is 12.2 Å². The van der Waals surface area contributed by atoms with Crippen LogP contribution >= 0.6 is 0 Å². The number of benzene rings is 4. The highest BCUT2D eigenvalue weighted by molar-refractivity contribution is 6.02. The van der Waals surface area contributed by atoms with E-state index in [0.717, 1.165) is 50.5 Å². The van der Waals surface area contributed by atoms with Gasteiger partial charge in [0.1, 0.15) is 29.8 Å². The molecule has 6 aromatic rings. The molecule has 5 heterocycles. The highest BCUT2D eigenvalue weighted by Gasteiger charge is 2.43. The van der Waals surface area contributed by atoms with Gasteiger partial charge < -0.3 is 39.7 Å². The Morgan fingerprint density at radius 1 is 0.754 bits per heavy atom. The fraction of sp³-hybridized carbons (Fsp3) is 0.261. The molecule has 4 aromatic carbocycles. The monoisotopic (exact) mass is 820 g/mol. The van der Waals surface area contributed by atoms with Crippen LogP contribution in [0.2, 0.25) is 0 Å². The first-order chi connectivity index (χ1) is 29.8. The molecule has 61 heavy (non-hydrogen) atoms. The van der Waals surface area contributed by atoms with Gasteiger partial charge in [0.05, 0.1) is 62.9 Å². The lowest BCUT2D eigenvalue weighted by atomic mass is 10.0. The fourth-order valence-electron chi connectivity index (χ4n) is 8.54. The summed E-state index contributed by atoms with van der Waals surface area (Å²) in [6.07, 6.45) is 3.96. The molecule has 3 aliphatic heterocycles. The lowest BCUT2D eigenvalue weighted by Gasteiger charge is -2.36. The summed E-state index contributed by atoms with van der Waals surface area (Å²) in [4.78, 5) is 72.1. The number of ether oxygens (including phenoxy) is 3. The first-order valence-electron chi connectivity index (χ1n) is 20.2. The summed E-state index contributed by atoms with van der Waals surface area (Å²) in [6.45, 7) is 0.934. The summed E-state index contributed by atoms with van der Waals surface area (Å²) in [5.74, 6) is 0.784. The molecule has 0 radical (unpaired) electrons. The van der Waals surface area contributed by atoms with Gasteiger partial charge in [-0.05, 0) is 51.8 Å². The van der Waals surface area contributed by atoms with E-state index < -0.39 is 30.3 Å². The average Bonchev–Trinajstić information content (AvgIpc) is 4.08. The topological polar surface area (TPSA) is 184 Å². The Morgan fingerprint density at radius 2 is 1.36 bits per heavy atom. The van der Waals surface area contributed by atoms with E-state index in [1.54, 1.807) is 34.3 Å². The van der Waals surface area contributed by atoms with Gasteiger partial charge in [-0.2, -0.15) is 0 Å². The number of carbonyl (C=O) groups excluding carboxylic acids is 4. The molecule has 15 nitrogen and oxygen atoms in total. The quantitative estimate of drug-likeness (QED) is 0.128. The molecular formula is C46H44N8O7. The van der Waals surface area contributed by atoms with Crippen LogP contribution in [0.3, 0.4) is 0 Å². The number of H-pyrrole nitrogens is 2. The van der Waals surface area contributed by atoms with Crippen molar-refractivity contribution in [3.05, 3.63) is 138 Å². The highest BCUT2D eigenvalue weighted by Crippen LogP contribution is 2.44. The molecule has 310 valence electrons. The van der Waals surface area contributed by atoms with Crippen LogP contribution in [0, 0.1) is 0 Å². The Hall–Kier alpha value is -7.26. The van der Waals surface area contributed by atoms with Crippen molar-refractivity contribution in [2.75, 3.05) is 38.9 Å². The molecule has 4 amide bonds. The second kappa shape index (κ2) is 16.8. The molecule has 0 saturated carbocycles. The van der Waals surface area contributed by atoms with Crippen LogP contribution in [0.4, 0.5) is 15.3 Å². The van der Waals surface area contributed by atoms with Crippen molar-refractivity contribution in [3.8, 4) is 33.6 Å². The number of hydrogen-bond acceptors (Lipinski definition) is 9. The number of hydrogen-bond donors (Lipinski definition) is 4. The van der Waals surface area contributed by atoms with E-state index in [-0.39, 0.29) is 24.5 Å². The van der Waals surface area contributed by atoms with Crippen molar-refractivity contribution < 1.29 is 33.4 Å². The Bertz CT molecular complexity index is 2570. The minimum Gasteiger partial charge on any atom is -0.453 e. The Labute approximate surface area is 351 Å². The first kappa shape index (κ1) is 39.2. The maximum Gasteiger partial charge on any atom is 0.407 e. The van der Waals surface area contributed by atoms with E-state index in [2.05, 4.69) is 43.8 Å². The number of nitrogens with one attached hydrogen (secondary N) is 4.